The molecular formula is C16H32N4. The van der Waals surface area contributed by atoms with Crippen molar-refractivity contribution in [3.05, 3.63) is 0 Å². The van der Waals surface area contributed by atoms with Gasteiger partial charge in [-0.3, -0.25) is 4.90 Å². The molecule has 3 saturated heterocycles. The molecule has 0 aromatic carbocycles. The summed E-state index contributed by atoms with van der Waals surface area (Å²) in [6.07, 6.45) is 5.65. The van der Waals surface area contributed by atoms with Crippen molar-refractivity contribution < 1.29 is 0 Å². The van der Waals surface area contributed by atoms with Crippen LogP contribution < -0.4 is 5.32 Å². The average Bonchev–Trinajstić information content (AvgIpc) is 3.01. The summed E-state index contributed by atoms with van der Waals surface area (Å²) in [5.74, 6) is 0.956. The number of nitrogens with one attached hydrogen (secondary N) is 1. The third-order valence-electron chi connectivity index (χ3n) is 5.63. The van der Waals surface area contributed by atoms with Crippen molar-refractivity contribution in [2.75, 3.05) is 66.0 Å². The van der Waals surface area contributed by atoms with E-state index in [-0.39, 0.29) is 0 Å². The number of likely N-dealkylation sites (N-methyl/N-ethyl adjacent to an activating group) is 1. The molecule has 0 bridgehead atoms. The van der Waals surface area contributed by atoms with Gasteiger partial charge in [-0.05, 0) is 58.3 Å². The summed E-state index contributed by atoms with van der Waals surface area (Å²) >= 11 is 0. The highest BCUT2D eigenvalue weighted by atomic mass is 15.3. The minimum atomic E-state index is 0.842. The van der Waals surface area contributed by atoms with Gasteiger partial charge >= 0.3 is 0 Å². The Kier molecular flexibility index (Phi) is 5.32. The summed E-state index contributed by atoms with van der Waals surface area (Å²) in [6, 6.07) is 0.842. The molecule has 0 spiro atoms. The summed E-state index contributed by atoms with van der Waals surface area (Å²) in [4.78, 5) is 7.78. The summed E-state index contributed by atoms with van der Waals surface area (Å²) in [7, 11) is 2.24. The van der Waals surface area contributed by atoms with Crippen LogP contribution >= 0.6 is 0 Å². The molecule has 0 aliphatic carbocycles. The highest BCUT2D eigenvalue weighted by molar-refractivity contribution is 4.85. The van der Waals surface area contributed by atoms with E-state index in [9.17, 15) is 0 Å². The second-order valence-electron chi connectivity index (χ2n) is 7.03. The molecule has 1 unspecified atom stereocenters. The number of piperazine rings is 1. The van der Waals surface area contributed by atoms with Crippen LogP contribution in [-0.4, -0.2) is 86.7 Å². The molecule has 3 rings (SSSR count). The van der Waals surface area contributed by atoms with Gasteiger partial charge in [0, 0.05) is 45.3 Å². The van der Waals surface area contributed by atoms with E-state index in [4.69, 9.17) is 0 Å². The predicted molar refractivity (Wildman–Crippen MR) is 84.1 cm³/mol. The van der Waals surface area contributed by atoms with Gasteiger partial charge in [-0.1, -0.05) is 0 Å². The van der Waals surface area contributed by atoms with Gasteiger partial charge in [0.25, 0.3) is 0 Å². The third-order valence-corrected chi connectivity index (χ3v) is 5.63. The smallest absolute Gasteiger partial charge is 0.0110 e. The van der Waals surface area contributed by atoms with Crippen molar-refractivity contribution in [2.24, 2.45) is 5.92 Å². The quantitative estimate of drug-likeness (QED) is 0.818. The number of piperidine rings is 1. The maximum absolute atomic E-state index is 3.70. The first-order valence-corrected chi connectivity index (χ1v) is 8.68. The van der Waals surface area contributed by atoms with Gasteiger partial charge in [-0.2, -0.15) is 0 Å². The molecule has 0 amide bonds. The van der Waals surface area contributed by atoms with E-state index in [1.165, 1.54) is 84.6 Å². The fourth-order valence-electron chi connectivity index (χ4n) is 4.05. The van der Waals surface area contributed by atoms with Crippen LogP contribution in [0.25, 0.3) is 0 Å². The van der Waals surface area contributed by atoms with E-state index >= 15 is 0 Å². The van der Waals surface area contributed by atoms with Gasteiger partial charge in [0.1, 0.15) is 0 Å². The zero-order valence-electron chi connectivity index (χ0n) is 13.2. The average molecular weight is 280 g/mol. The first-order chi connectivity index (χ1) is 9.81. The summed E-state index contributed by atoms with van der Waals surface area (Å²) in [5, 5.41) is 3.70. The van der Waals surface area contributed by atoms with Crippen LogP contribution in [0.4, 0.5) is 0 Å². The summed E-state index contributed by atoms with van der Waals surface area (Å²) in [5.41, 5.74) is 0. The third kappa shape index (κ3) is 3.94. The first kappa shape index (κ1) is 14.8. The molecule has 3 fully saturated rings. The lowest BCUT2D eigenvalue weighted by Gasteiger charge is -2.37. The van der Waals surface area contributed by atoms with E-state index in [1.807, 2.05) is 0 Å². The van der Waals surface area contributed by atoms with Gasteiger partial charge in [-0.15, -0.1) is 0 Å². The van der Waals surface area contributed by atoms with Crippen molar-refractivity contribution in [2.45, 2.75) is 31.7 Å². The maximum Gasteiger partial charge on any atom is 0.0110 e. The molecule has 0 saturated carbocycles. The standard InChI is InChI=1S/C16H32N4/c1-18-9-11-20(12-10-18)14-13-19-7-4-15(5-8-19)16-3-2-6-17-16/h15-17H,2-14H2,1H3. The number of hydrogen-bond donors (Lipinski definition) is 1. The van der Waals surface area contributed by atoms with Gasteiger partial charge < -0.3 is 15.1 Å². The Morgan fingerprint density at radius 2 is 1.50 bits per heavy atom. The summed E-state index contributed by atoms with van der Waals surface area (Å²) in [6.45, 7) is 11.5. The molecule has 4 heteroatoms. The minimum absolute atomic E-state index is 0.842. The zero-order valence-corrected chi connectivity index (χ0v) is 13.2. The molecule has 0 radical (unpaired) electrons. The summed E-state index contributed by atoms with van der Waals surface area (Å²) < 4.78 is 0. The Morgan fingerprint density at radius 1 is 0.850 bits per heavy atom. The van der Waals surface area contributed by atoms with Crippen molar-refractivity contribution in [3.8, 4) is 0 Å². The number of likely N-dealkylation sites (tertiary alicyclic amines) is 1. The van der Waals surface area contributed by atoms with Crippen molar-refractivity contribution >= 4 is 0 Å². The molecule has 1 atom stereocenters. The van der Waals surface area contributed by atoms with Crippen LogP contribution in [0.5, 0.6) is 0 Å². The van der Waals surface area contributed by atoms with Gasteiger partial charge in [0.2, 0.25) is 0 Å². The Labute approximate surface area is 124 Å². The van der Waals surface area contributed by atoms with Crippen LogP contribution in [-0.2, 0) is 0 Å². The van der Waals surface area contributed by atoms with E-state index in [1.54, 1.807) is 0 Å². The monoisotopic (exact) mass is 280 g/mol. The Balaban J connectivity index is 1.32. The van der Waals surface area contributed by atoms with E-state index < -0.39 is 0 Å². The molecule has 3 aliphatic heterocycles. The molecule has 0 aromatic heterocycles. The largest absolute Gasteiger partial charge is 0.314 e. The second kappa shape index (κ2) is 7.21. The van der Waals surface area contributed by atoms with Crippen LogP contribution in [0.2, 0.25) is 0 Å². The molecule has 0 aromatic rings. The highest BCUT2D eigenvalue weighted by Crippen LogP contribution is 2.25. The number of nitrogens with zero attached hydrogens (tertiary/aromatic N) is 3. The predicted octanol–water partition coefficient (Wildman–Crippen LogP) is 0.698. The van der Waals surface area contributed by atoms with Crippen LogP contribution in [0, 0.1) is 5.92 Å². The van der Waals surface area contributed by atoms with E-state index in [0.29, 0.717) is 0 Å². The Bertz CT molecular complexity index is 274. The zero-order chi connectivity index (χ0) is 13.8. The van der Waals surface area contributed by atoms with Crippen molar-refractivity contribution in [1.29, 1.82) is 0 Å². The van der Waals surface area contributed by atoms with E-state index in [2.05, 4.69) is 27.1 Å². The van der Waals surface area contributed by atoms with Crippen molar-refractivity contribution in [1.82, 2.24) is 20.0 Å². The van der Waals surface area contributed by atoms with Gasteiger partial charge in [-0.25, -0.2) is 0 Å². The van der Waals surface area contributed by atoms with Crippen molar-refractivity contribution in [3.63, 3.8) is 0 Å². The first-order valence-electron chi connectivity index (χ1n) is 8.68. The molecule has 20 heavy (non-hydrogen) atoms. The second-order valence-corrected chi connectivity index (χ2v) is 7.03. The van der Waals surface area contributed by atoms with Gasteiger partial charge in [0.15, 0.2) is 0 Å². The molecular weight excluding hydrogens is 248 g/mol. The lowest BCUT2D eigenvalue weighted by molar-refractivity contribution is 0.114. The van der Waals surface area contributed by atoms with Crippen LogP contribution in [0.3, 0.4) is 0 Å². The molecule has 116 valence electrons. The lowest BCUT2D eigenvalue weighted by Crippen LogP contribution is -2.48. The minimum Gasteiger partial charge on any atom is -0.314 e. The molecule has 3 heterocycles. The highest BCUT2D eigenvalue weighted by Gasteiger charge is 2.28. The van der Waals surface area contributed by atoms with Gasteiger partial charge in [0.05, 0.1) is 0 Å². The topological polar surface area (TPSA) is 21.8 Å². The maximum atomic E-state index is 3.70. The lowest BCUT2D eigenvalue weighted by atomic mass is 9.88. The fourth-order valence-corrected chi connectivity index (χ4v) is 4.05. The number of rotatable bonds is 4. The fraction of sp³-hybridized carbons (Fsp3) is 1.00. The number of hydrogen-bond acceptors (Lipinski definition) is 4. The molecule has 1 N–H and O–H groups in total. The SMILES string of the molecule is CN1CCN(CCN2CCC(C3CCCN3)CC2)CC1. The van der Waals surface area contributed by atoms with Crippen LogP contribution in [0.15, 0.2) is 0 Å². The van der Waals surface area contributed by atoms with Crippen LogP contribution in [0.1, 0.15) is 25.7 Å². The Morgan fingerprint density at radius 3 is 2.10 bits per heavy atom. The normalized spacial score (nSPS) is 31.9. The molecule has 4 nitrogen and oxygen atoms in total. The van der Waals surface area contributed by atoms with E-state index in [0.717, 1.165) is 12.0 Å². The molecule has 3 aliphatic rings. The Hall–Kier alpha value is -0.160.